The Hall–Kier alpha value is -6.85. The highest BCUT2D eigenvalue weighted by atomic mass is 32.2. The Kier molecular flexibility index (Phi) is 13.3. The lowest BCUT2D eigenvalue weighted by atomic mass is 10.1. The van der Waals surface area contributed by atoms with E-state index >= 15 is 0 Å². The van der Waals surface area contributed by atoms with Gasteiger partial charge in [0.1, 0.15) is 42.0 Å². The second-order valence-electron chi connectivity index (χ2n) is 13.7. The molecule has 3 aromatic heterocycles. The summed E-state index contributed by atoms with van der Waals surface area (Å²) < 4.78 is 54.8. The van der Waals surface area contributed by atoms with Crippen LogP contribution in [0.3, 0.4) is 0 Å². The highest BCUT2D eigenvalue weighted by Crippen LogP contribution is 2.36. The third kappa shape index (κ3) is 10.2. The first-order valence-electron chi connectivity index (χ1n) is 19.3. The fourth-order valence-electron chi connectivity index (χ4n) is 6.08. The third-order valence-electron chi connectivity index (χ3n) is 9.22. The number of carbonyl (C=O) groups excluding carboxylic acids is 1. The maximum absolute atomic E-state index is 13.5. The van der Waals surface area contributed by atoms with Crippen molar-refractivity contribution in [3.63, 3.8) is 0 Å². The first-order valence-corrected chi connectivity index (χ1v) is 20.4. The molecule has 16 nitrogen and oxygen atoms in total. The highest BCUT2D eigenvalue weighted by Gasteiger charge is 2.24. The van der Waals surface area contributed by atoms with Crippen LogP contribution in [0.4, 0.5) is 5.69 Å². The standard InChI is InChI=1S/C43H46N8O8S/c1-6-35(58-36-19-13-28(2)25-29(36)3)42(52)46-31-14-20-37(57-34-17-15-32(54-5)16-18-34)38(26-31)59-60(53)45-27-30(4)40-47-41-39(50-22-10-21-44-50)43(49-51(41)48-40)56-24-23-55-33-11-8-7-9-12-33/h7-22,25-26,30,35,45H,6,23-24,27H2,1-5H3,(H,46,52)(H,47,48). The number of ether oxygens (including phenoxy) is 5. The number of aromatic nitrogens is 6. The van der Waals surface area contributed by atoms with Gasteiger partial charge in [0.15, 0.2) is 23.3 Å². The summed E-state index contributed by atoms with van der Waals surface area (Å²) in [7, 11) is 1.58. The number of anilines is 1. The number of para-hydroxylation sites is 1. The van der Waals surface area contributed by atoms with Crippen LogP contribution < -0.4 is 37.9 Å². The van der Waals surface area contributed by atoms with E-state index in [1.54, 1.807) is 72.7 Å². The first kappa shape index (κ1) is 41.3. The van der Waals surface area contributed by atoms with Crippen LogP contribution in [-0.2, 0) is 16.1 Å². The lowest BCUT2D eigenvalue weighted by Crippen LogP contribution is -2.32. The number of methoxy groups -OCH3 is 1. The molecule has 17 heteroatoms. The van der Waals surface area contributed by atoms with Gasteiger partial charge >= 0.3 is 0 Å². The molecule has 0 saturated carbocycles. The summed E-state index contributed by atoms with van der Waals surface area (Å²) in [6.45, 7) is 8.47. The summed E-state index contributed by atoms with van der Waals surface area (Å²) in [6, 6.07) is 28.9. The summed E-state index contributed by atoms with van der Waals surface area (Å²) in [4.78, 5) is 18.3. The Balaban J connectivity index is 1.03. The van der Waals surface area contributed by atoms with Crippen LogP contribution >= 0.6 is 0 Å². The predicted octanol–water partition coefficient (Wildman–Crippen LogP) is 7.27. The molecule has 0 radical (unpaired) electrons. The lowest BCUT2D eigenvalue weighted by molar-refractivity contribution is -0.122. The van der Waals surface area contributed by atoms with Crippen LogP contribution in [0.25, 0.3) is 11.3 Å². The highest BCUT2D eigenvalue weighted by molar-refractivity contribution is 7.78. The van der Waals surface area contributed by atoms with Crippen molar-refractivity contribution in [1.82, 2.24) is 34.3 Å². The van der Waals surface area contributed by atoms with Gasteiger partial charge in [-0.15, -0.1) is 9.73 Å². The Morgan fingerprint density at radius 2 is 1.65 bits per heavy atom. The number of benzene rings is 4. The molecule has 3 unspecified atom stereocenters. The molecule has 3 heterocycles. The van der Waals surface area contributed by atoms with Crippen molar-refractivity contribution in [3.8, 4) is 46.1 Å². The van der Waals surface area contributed by atoms with Gasteiger partial charge in [-0.2, -0.15) is 9.31 Å². The van der Waals surface area contributed by atoms with E-state index in [4.69, 9.17) is 32.9 Å². The van der Waals surface area contributed by atoms with Crippen molar-refractivity contribution in [2.75, 3.05) is 32.2 Å². The van der Waals surface area contributed by atoms with E-state index in [0.717, 1.165) is 16.9 Å². The second-order valence-corrected chi connectivity index (χ2v) is 14.7. The van der Waals surface area contributed by atoms with Crippen LogP contribution in [0.1, 0.15) is 43.1 Å². The van der Waals surface area contributed by atoms with Crippen molar-refractivity contribution < 1.29 is 36.9 Å². The zero-order valence-corrected chi connectivity index (χ0v) is 34.6. The quantitative estimate of drug-likeness (QED) is 0.0659. The van der Waals surface area contributed by atoms with Crippen molar-refractivity contribution in [1.29, 1.82) is 0 Å². The number of nitrogens with one attached hydrogen (secondary N) is 3. The molecule has 0 aliphatic rings. The number of fused-ring (bicyclic) bond motifs is 1. The molecule has 0 saturated heterocycles. The van der Waals surface area contributed by atoms with Gasteiger partial charge in [0.25, 0.3) is 23.1 Å². The first-order chi connectivity index (χ1) is 29.2. The van der Waals surface area contributed by atoms with E-state index in [9.17, 15) is 9.00 Å². The minimum Gasteiger partial charge on any atom is -0.497 e. The van der Waals surface area contributed by atoms with Crippen LogP contribution in [0.15, 0.2) is 109 Å². The second kappa shape index (κ2) is 19.3. The van der Waals surface area contributed by atoms with Gasteiger partial charge in [-0.05, 0) is 86.5 Å². The van der Waals surface area contributed by atoms with E-state index in [1.807, 2.05) is 76.2 Å². The number of aromatic amines is 1. The molecule has 1 amide bonds. The van der Waals surface area contributed by atoms with E-state index in [2.05, 4.69) is 25.3 Å². The number of hydrogen-bond donors (Lipinski definition) is 3. The average Bonchev–Trinajstić information content (AvgIpc) is 4.01. The molecule has 0 spiro atoms. The Bertz CT molecular complexity index is 2530. The maximum Gasteiger partial charge on any atom is 0.288 e. The molecule has 0 aliphatic carbocycles. The maximum atomic E-state index is 13.5. The fraction of sp³-hybridized carbons (Fsp3) is 0.256. The number of hydrogen-bond acceptors (Lipinski definition) is 11. The summed E-state index contributed by atoms with van der Waals surface area (Å²) in [5.74, 6) is 3.17. The van der Waals surface area contributed by atoms with Crippen LogP contribution in [0.2, 0.25) is 0 Å². The monoisotopic (exact) mass is 834 g/mol. The Morgan fingerprint density at radius 1 is 0.883 bits per heavy atom. The fourth-order valence-corrected chi connectivity index (χ4v) is 6.82. The van der Waals surface area contributed by atoms with Gasteiger partial charge in [0.2, 0.25) is 5.65 Å². The van der Waals surface area contributed by atoms with Crippen LogP contribution in [0.5, 0.6) is 40.4 Å². The Labute approximate surface area is 349 Å². The zero-order valence-electron chi connectivity index (χ0n) is 33.8. The summed E-state index contributed by atoms with van der Waals surface area (Å²) in [6.07, 6.45) is 3.10. The topological polar surface area (TPSA) is 177 Å². The molecule has 7 aromatic rings. The smallest absolute Gasteiger partial charge is 0.288 e. The molecule has 3 N–H and O–H groups in total. The molecule has 60 heavy (non-hydrogen) atoms. The summed E-state index contributed by atoms with van der Waals surface area (Å²) in [5.41, 5.74) is 3.46. The van der Waals surface area contributed by atoms with Crippen molar-refractivity contribution >= 4 is 28.5 Å². The molecule has 0 bridgehead atoms. The van der Waals surface area contributed by atoms with Crippen molar-refractivity contribution in [2.45, 2.75) is 46.1 Å². The van der Waals surface area contributed by atoms with Gasteiger partial charge in [0.05, 0.1) is 7.11 Å². The molecule has 0 fully saturated rings. The summed E-state index contributed by atoms with van der Waals surface area (Å²) in [5, 5.41) is 15.1. The van der Waals surface area contributed by atoms with Gasteiger partial charge in [-0.25, -0.2) is 14.4 Å². The Morgan fingerprint density at radius 3 is 2.38 bits per heavy atom. The zero-order chi connectivity index (χ0) is 42.0. The summed E-state index contributed by atoms with van der Waals surface area (Å²) >= 11 is -2.06. The number of nitrogens with zero attached hydrogens (tertiary/aromatic N) is 5. The molecular formula is C43H46N8O8S. The molecule has 3 atom stereocenters. The molecule has 312 valence electrons. The van der Waals surface area contributed by atoms with Gasteiger partial charge in [-0.3, -0.25) is 9.89 Å². The van der Waals surface area contributed by atoms with Gasteiger partial charge in [-0.1, -0.05) is 49.7 Å². The average molecular weight is 835 g/mol. The van der Waals surface area contributed by atoms with Gasteiger partial charge in [0, 0.05) is 36.6 Å². The van der Waals surface area contributed by atoms with Crippen molar-refractivity contribution in [3.05, 3.63) is 126 Å². The minimum absolute atomic E-state index is 0.118. The third-order valence-corrected chi connectivity index (χ3v) is 9.95. The van der Waals surface area contributed by atoms with Gasteiger partial charge < -0.3 is 33.2 Å². The largest absolute Gasteiger partial charge is 0.497 e. The number of rotatable bonds is 20. The molecule has 0 aliphatic heterocycles. The minimum atomic E-state index is -2.06. The molecular weight excluding hydrogens is 789 g/mol. The molecule has 4 aromatic carbocycles. The van der Waals surface area contributed by atoms with E-state index in [-0.39, 0.29) is 36.5 Å². The van der Waals surface area contributed by atoms with E-state index < -0.39 is 17.4 Å². The predicted molar refractivity (Wildman–Crippen MR) is 226 cm³/mol. The van der Waals surface area contributed by atoms with Crippen LogP contribution in [0, 0.1) is 13.8 Å². The van der Waals surface area contributed by atoms with E-state index in [0.29, 0.717) is 59.0 Å². The van der Waals surface area contributed by atoms with E-state index in [1.165, 1.54) is 4.63 Å². The van der Waals surface area contributed by atoms with Crippen LogP contribution in [-0.4, -0.2) is 72.7 Å². The number of aryl methyl sites for hydroxylation is 2. The SMILES string of the molecule is CCC(Oc1ccc(C)cc1C)C(=O)Nc1ccc(Oc2ccc(OC)cc2)c(OS(=O)NCC(C)c2nc3c(-n4cccn4)c(OCCOc4ccccc4)nn3[nH]2)c1. The number of carbonyl (C=O) groups is 1. The number of amides is 1. The lowest BCUT2D eigenvalue weighted by Gasteiger charge is -2.19. The van der Waals surface area contributed by atoms with Crippen molar-refractivity contribution in [2.24, 2.45) is 0 Å². The molecule has 7 rings (SSSR count). The normalized spacial score (nSPS) is 12.7. The number of H-pyrrole nitrogens is 1.